The maximum absolute atomic E-state index is 12.9. The Hall–Kier alpha value is -2.63. The second-order valence-corrected chi connectivity index (χ2v) is 17.2. The molecular weight excluding hydrogens is 791 g/mol. The molecule has 7 atom stereocenters. The number of aliphatic hydroxyl groups is 5. The van der Waals surface area contributed by atoms with Gasteiger partial charge in [-0.3, -0.25) is 4.79 Å². The predicted molar refractivity (Wildman–Crippen MR) is 262 cm³/mol. The van der Waals surface area contributed by atoms with Crippen LogP contribution in [0.5, 0.6) is 0 Å². The molecule has 0 aromatic carbocycles. The molecule has 6 N–H and O–H groups in total. The Bertz CT molecular complexity index is 1260. The number of ether oxygens (including phenoxy) is 2. The first-order chi connectivity index (χ1) is 30.8. The monoisotopic (exact) mass is 884 g/mol. The largest absolute Gasteiger partial charge is 0.394 e. The maximum atomic E-state index is 12.9. The number of nitrogens with one attached hydrogen (secondary N) is 1. The normalized spacial score (nSPS) is 20.9. The van der Waals surface area contributed by atoms with Crippen LogP contribution in [0.25, 0.3) is 0 Å². The highest BCUT2D eigenvalue weighted by Gasteiger charge is 2.44. The number of carbonyl (C=O) groups excluding carboxylic acids is 1. The number of rotatable bonds is 41. The van der Waals surface area contributed by atoms with Crippen LogP contribution in [0.2, 0.25) is 0 Å². The number of allylic oxidation sites excluding steroid dienone is 13. The molecule has 7 unspecified atom stereocenters. The molecule has 1 fully saturated rings. The summed E-state index contributed by atoms with van der Waals surface area (Å²) in [4.78, 5) is 12.9. The zero-order chi connectivity index (χ0) is 45.9. The van der Waals surface area contributed by atoms with Gasteiger partial charge in [-0.1, -0.05) is 195 Å². The van der Waals surface area contributed by atoms with Crippen molar-refractivity contribution in [3.63, 3.8) is 0 Å². The fourth-order valence-electron chi connectivity index (χ4n) is 7.43. The van der Waals surface area contributed by atoms with Gasteiger partial charge in [-0.25, -0.2) is 0 Å². The molecule has 362 valence electrons. The van der Waals surface area contributed by atoms with Gasteiger partial charge in [-0.05, 0) is 77.0 Å². The first-order valence-corrected chi connectivity index (χ1v) is 25.3. The molecule has 9 nitrogen and oxygen atoms in total. The van der Waals surface area contributed by atoms with Gasteiger partial charge in [0.15, 0.2) is 6.29 Å². The highest BCUT2D eigenvalue weighted by molar-refractivity contribution is 5.76. The zero-order valence-corrected chi connectivity index (χ0v) is 39.8. The minimum Gasteiger partial charge on any atom is -0.394 e. The molecule has 1 aliphatic heterocycles. The third kappa shape index (κ3) is 33.5. The Morgan fingerprint density at radius 1 is 0.556 bits per heavy atom. The van der Waals surface area contributed by atoms with Crippen molar-refractivity contribution in [3.05, 3.63) is 85.1 Å². The maximum Gasteiger partial charge on any atom is 0.220 e. The van der Waals surface area contributed by atoms with Crippen LogP contribution < -0.4 is 5.32 Å². The molecule has 0 spiro atoms. The molecule has 9 heteroatoms. The molecule has 1 amide bonds. The SMILES string of the molecule is CC/C=C\C/C=C\C/C=C\C/C=C\C/C=C\CCCCCCCCCCCCCCCCCC(=O)NC(COC1OC(CO)C(O)C(O)C1O)C(O)/C=C/CC/C=C/CCCCC. The van der Waals surface area contributed by atoms with Gasteiger partial charge in [0.2, 0.25) is 5.91 Å². The molecule has 0 bridgehead atoms. The summed E-state index contributed by atoms with van der Waals surface area (Å²) in [6, 6.07) is -0.823. The van der Waals surface area contributed by atoms with Gasteiger partial charge in [-0.15, -0.1) is 0 Å². The fourth-order valence-corrected chi connectivity index (χ4v) is 7.43. The molecule has 0 aromatic heterocycles. The molecule has 1 aliphatic rings. The molecule has 1 rings (SSSR count). The van der Waals surface area contributed by atoms with E-state index in [-0.39, 0.29) is 12.5 Å². The van der Waals surface area contributed by atoms with Gasteiger partial charge >= 0.3 is 0 Å². The summed E-state index contributed by atoms with van der Waals surface area (Å²) in [7, 11) is 0. The van der Waals surface area contributed by atoms with Crippen LogP contribution in [0.1, 0.15) is 194 Å². The Kier molecular flexibility index (Phi) is 40.1. The Morgan fingerprint density at radius 2 is 1.00 bits per heavy atom. The summed E-state index contributed by atoms with van der Waals surface area (Å²) >= 11 is 0. The lowest BCUT2D eigenvalue weighted by atomic mass is 9.99. The van der Waals surface area contributed by atoms with Crippen LogP contribution in [0.15, 0.2) is 85.1 Å². The summed E-state index contributed by atoms with van der Waals surface area (Å²) in [6.07, 6.45) is 53.8. The van der Waals surface area contributed by atoms with Gasteiger partial charge in [0.05, 0.1) is 25.4 Å². The van der Waals surface area contributed by atoms with Crippen LogP contribution in [0.4, 0.5) is 0 Å². The van der Waals surface area contributed by atoms with E-state index in [1.807, 2.05) is 6.08 Å². The first kappa shape index (κ1) is 58.4. The third-order valence-electron chi connectivity index (χ3n) is 11.5. The summed E-state index contributed by atoms with van der Waals surface area (Å²) in [5, 5.41) is 54.1. The van der Waals surface area contributed by atoms with Crippen LogP contribution >= 0.6 is 0 Å². The van der Waals surface area contributed by atoms with Crippen molar-refractivity contribution in [3.8, 4) is 0 Å². The van der Waals surface area contributed by atoms with Crippen molar-refractivity contribution in [2.75, 3.05) is 13.2 Å². The number of hydrogen-bond acceptors (Lipinski definition) is 8. The molecule has 0 aromatic rings. The summed E-state index contributed by atoms with van der Waals surface area (Å²) in [5.74, 6) is -0.193. The van der Waals surface area contributed by atoms with Crippen molar-refractivity contribution in [2.24, 2.45) is 0 Å². The lowest BCUT2D eigenvalue weighted by molar-refractivity contribution is -0.302. The molecule has 0 saturated carbocycles. The number of amides is 1. The van der Waals surface area contributed by atoms with E-state index in [9.17, 15) is 30.3 Å². The highest BCUT2D eigenvalue weighted by Crippen LogP contribution is 2.22. The van der Waals surface area contributed by atoms with Gasteiger partial charge in [0, 0.05) is 6.42 Å². The van der Waals surface area contributed by atoms with Crippen LogP contribution in [-0.2, 0) is 14.3 Å². The topological polar surface area (TPSA) is 149 Å². The number of hydrogen-bond donors (Lipinski definition) is 6. The van der Waals surface area contributed by atoms with E-state index in [1.54, 1.807) is 6.08 Å². The average Bonchev–Trinajstić information content (AvgIpc) is 3.28. The standard InChI is InChI=1S/C54H93NO8/c1-3-5-7-9-11-13-14-15-16-17-18-19-20-21-22-23-24-25-26-27-28-29-30-31-32-33-34-36-38-40-42-44-50(58)55-47(48(57)43-41-39-37-35-12-10-8-6-4-2)46-62-54-53(61)52(60)51(59)49(45-56)63-54/h5,7,11-13,15-16,18-19,21-22,35,41,43,47-49,51-54,56-57,59-61H,3-4,6,8-10,14,17,20,23-34,36-40,42,44-46H2,1-2H3,(H,55,58)/b7-5-,13-11-,16-15-,19-18-,22-21-,35-12+,43-41+. The second kappa shape index (κ2) is 43.3. The van der Waals surface area contributed by atoms with Crippen molar-refractivity contribution in [1.29, 1.82) is 0 Å². The minimum atomic E-state index is -1.57. The molecule has 0 aliphatic carbocycles. The smallest absolute Gasteiger partial charge is 0.220 e. The van der Waals surface area contributed by atoms with E-state index >= 15 is 0 Å². The van der Waals surface area contributed by atoms with Crippen molar-refractivity contribution in [1.82, 2.24) is 5.32 Å². The molecule has 1 heterocycles. The van der Waals surface area contributed by atoms with E-state index in [2.05, 4.69) is 92.1 Å². The first-order valence-electron chi connectivity index (χ1n) is 25.3. The quantitative estimate of drug-likeness (QED) is 0.0263. The lowest BCUT2D eigenvalue weighted by Crippen LogP contribution is -2.60. The van der Waals surface area contributed by atoms with E-state index in [4.69, 9.17) is 9.47 Å². The number of unbranched alkanes of at least 4 members (excludes halogenated alkanes) is 19. The molecule has 0 radical (unpaired) electrons. The molecular formula is C54H93NO8. The van der Waals surface area contributed by atoms with Gasteiger partial charge in [-0.2, -0.15) is 0 Å². The zero-order valence-electron chi connectivity index (χ0n) is 39.8. The Labute approximate surface area is 384 Å². The third-order valence-corrected chi connectivity index (χ3v) is 11.5. The summed E-state index contributed by atoms with van der Waals surface area (Å²) in [6.45, 7) is 3.58. The minimum absolute atomic E-state index is 0.193. The van der Waals surface area contributed by atoms with Crippen LogP contribution in [-0.4, -0.2) is 87.5 Å². The van der Waals surface area contributed by atoms with Gasteiger partial charge in [0.1, 0.15) is 24.4 Å². The van der Waals surface area contributed by atoms with Crippen molar-refractivity contribution < 1.29 is 39.8 Å². The predicted octanol–water partition coefficient (Wildman–Crippen LogP) is 11.5. The van der Waals surface area contributed by atoms with Crippen LogP contribution in [0.3, 0.4) is 0 Å². The van der Waals surface area contributed by atoms with E-state index in [0.717, 1.165) is 70.6 Å². The Balaban J connectivity index is 2.14. The van der Waals surface area contributed by atoms with Crippen molar-refractivity contribution in [2.45, 2.75) is 236 Å². The highest BCUT2D eigenvalue weighted by atomic mass is 16.7. The number of aliphatic hydroxyl groups excluding tert-OH is 5. The molecule has 63 heavy (non-hydrogen) atoms. The van der Waals surface area contributed by atoms with Gasteiger partial charge in [0.25, 0.3) is 0 Å². The number of carbonyl (C=O) groups is 1. The van der Waals surface area contributed by atoms with Crippen molar-refractivity contribution >= 4 is 5.91 Å². The Morgan fingerprint density at radius 3 is 1.52 bits per heavy atom. The van der Waals surface area contributed by atoms with E-state index < -0.39 is 49.5 Å². The van der Waals surface area contributed by atoms with E-state index in [1.165, 1.54) is 103 Å². The van der Waals surface area contributed by atoms with Crippen LogP contribution in [0, 0.1) is 0 Å². The molecule has 1 saturated heterocycles. The summed E-state index contributed by atoms with van der Waals surface area (Å²) in [5.41, 5.74) is 0. The van der Waals surface area contributed by atoms with Gasteiger partial charge < -0.3 is 40.3 Å². The summed E-state index contributed by atoms with van der Waals surface area (Å²) < 4.78 is 11.2. The second-order valence-electron chi connectivity index (χ2n) is 17.2. The fraction of sp³-hybridized carbons (Fsp3) is 0.722. The average molecular weight is 884 g/mol. The van der Waals surface area contributed by atoms with E-state index in [0.29, 0.717) is 6.42 Å². The lowest BCUT2D eigenvalue weighted by Gasteiger charge is -2.40.